The minimum atomic E-state index is 0.264. The number of nitrogens with zero attached hydrogens (tertiary/aromatic N) is 4. The van der Waals surface area contributed by atoms with Crippen LogP contribution in [0, 0.1) is 6.92 Å². The number of nitrogens with two attached hydrogens (primary N) is 1. The molecule has 0 bridgehead atoms. The molecule has 0 saturated heterocycles. The second-order valence-electron chi connectivity index (χ2n) is 3.64. The summed E-state index contributed by atoms with van der Waals surface area (Å²) >= 11 is 0. The van der Waals surface area contributed by atoms with Crippen LogP contribution in [0.2, 0.25) is 0 Å². The minimum absolute atomic E-state index is 0.264. The monoisotopic (exact) mass is 233 g/mol. The summed E-state index contributed by atoms with van der Waals surface area (Å²) in [5.41, 5.74) is 7.27. The molecule has 2 N–H and O–H groups in total. The maximum absolute atomic E-state index is 5.58. The summed E-state index contributed by atoms with van der Waals surface area (Å²) in [5, 5.41) is 0. The second kappa shape index (κ2) is 4.92. The number of aryl methyl sites for hydroxylation is 1. The number of methoxy groups -OCH3 is 1. The van der Waals surface area contributed by atoms with Gasteiger partial charge in [-0.3, -0.25) is 0 Å². The minimum Gasteiger partial charge on any atom is -0.383 e. The molecule has 6 nitrogen and oxygen atoms in total. The van der Waals surface area contributed by atoms with E-state index in [1.165, 1.54) is 0 Å². The standard InChI is InChI=1S/C11H15N5O/c1-8-14-7-10(16(8)5-6-17-2)9-3-4-13-11(12)15-9/h3-4,7H,5-6H2,1-2H3,(H2,12,13,15). The fourth-order valence-electron chi connectivity index (χ4n) is 1.65. The molecule has 0 aliphatic heterocycles. The summed E-state index contributed by atoms with van der Waals surface area (Å²) < 4.78 is 7.13. The Balaban J connectivity index is 2.38. The maximum Gasteiger partial charge on any atom is 0.220 e. The van der Waals surface area contributed by atoms with Gasteiger partial charge < -0.3 is 15.0 Å². The van der Waals surface area contributed by atoms with Crippen LogP contribution in [0.4, 0.5) is 5.95 Å². The van der Waals surface area contributed by atoms with E-state index in [1.807, 2.05) is 17.6 Å². The molecule has 0 radical (unpaired) electrons. The number of hydrogen-bond donors (Lipinski definition) is 1. The van der Waals surface area contributed by atoms with Gasteiger partial charge in [-0.1, -0.05) is 0 Å². The van der Waals surface area contributed by atoms with Crippen LogP contribution in [0.3, 0.4) is 0 Å². The molecule has 0 aliphatic rings. The zero-order valence-electron chi connectivity index (χ0n) is 9.92. The average Bonchev–Trinajstić information content (AvgIpc) is 2.68. The summed E-state index contributed by atoms with van der Waals surface area (Å²) in [6, 6.07) is 1.82. The normalized spacial score (nSPS) is 10.7. The molecule has 0 unspecified atom stereocenters. The molecule has 90 valence electrons. The van der Waals surface area contributed by atoms with Crippen LogP contribution in [0.15, 0.2) is 18.5 Å². The molecule has 2 aromatic rings. The van der Waals surface area contributed by atoms with Crippen molar-refractivity contribution in [3.05, 3.63) is 24.3 Å². The summed E-state index contributed by atoms with van der Waals surface area (Å²) in [6.45, 7) is 3.32. The molecule has 2 heterocycles. The molecular weight excluding hydrogens is 218 g/mol. The fourth-order valence-corrected chi connectivity index (χ4v) is 1.65. The van der Waals surface area contributed by atoms with Crippen LogP contribution in [0.5, 0.6) is 0 Å². The summed E-state index contributed by atoms with van der Waals surface area (Å²) in [7, 11) is 1.68. The number of ether oxygens (including phenoxy) is 1. The van der Waals surface area contributed by atoms with Gasteiger partial charge in [0.25, 0.3) is 0 Å². The average molecular weight is 233 g/mol. The highest BCUT2D eigenvalue weighted by Gasteiger charge is 2.10. The van der Waals surface area contributed by atoms with Gasteiger partial charge in [-0.2, -0.15) is 0 Å². The fraction of sp³-hybridized carbons (Fsp3) is 0.364. The van der Waals surface area contributed by atoms with Crippen molar-refractivity contribution >= 4 is 5.95 Å². The van der Waals surface area contributed by atoms with E-state index in [-0.39, 0.29) is 5.95 Å². The Morgan fingerprint density at radius 2 is 2.24 bits per heavy atom. The number of aromatic nitrogens is 4. The summed E-state index contributed by atoms with van der Waals surface area (Å²) in [4.78, 5) is 12.3. The number of rotatable bonds is 4. The Morgan fingerprint density at radius 3 is 2.94 bits per heavy atom. The Labute approximate surface area is 99.5 Å². The molecule has 2 aromatic heterocycles. The molecule has 0 aliphatic carbocycles. The van der Waals surface area contributed by atoms with Crippen molar-refractivity contribution in [2.45, 2.75) is 13.5 Å². The van der Waals surface area contributed by atoms with E-state index in [0.717, 1.165) is 23.8 Å². The zero-order chi connectivity index (χ0) is 12.3. The lowest BCUT2D eigenvalue weighted by Crippen LogP contribution is -2.08. The molecule has 0 aromatic carbocycles. The van der Waals surface area contributed by atoms with E-state index >= 15 is 0 Å². The van der Waals surface area contributed by atoms with Gasteiger partial charge >= 0.3 is 0 Å². The summed E-state index contributed by atoms with van der Waals surface area (Å²) in [5.74, 6) is 1.19. The lowest BCUT2D eigenvalue weighted by molar-refractivity contribution is 0.187. The molecule has 0 amide bonds. The first-order valence-corrected chi connectivity index (χ1v) is 5.32. The number of imidazole rings is 1. The van der Waals surface area contributed by atoms with Gasteiger partial charge in [0.05, 0.1) is 24.2 Å². The van der Waals surface area contributed by atoms with E-state index in [2.05, 4.69) is 15.0 Å². The highest BCUT2D eigenvalue weighted by Crippen LogP contribution is 2.18. The quantitative estimate of drug-likeness (QED) is 0.848. The first kappa shape index (κ1) is 11.5. The summed E-state index contributed by atoms with van der Waals surface area (Å²) in [6.07, 6.45) is 3.42. The molecule has 6 heteroatoms. The molecule has 0 saturated carbocycles. The van der Waals surface area contributed by atoms with Crippen molar-refractivity contribution in [1.29, 1.82) is 0 Å². The third kappa shape index (κ3) is 2.42. The van der Waals surface area contributed by atoms with E-state index in [4.69, 9.17) is 10.5 Å². The van der Waals surface area contributed by atoms with Crippen LogP contribution in [-0.2, 0) is 11.3 Å². The van der Waals surface area contributed by atoms with Gasteiger partial charge in [0.2, 0.25) is 5.95 Å². The Kier molecular flexibility index (Phi) is 3.34. The van der Waals surface area contributed by atoms with Crippen molar-refractivity contribution in [1.82, 2.24) is 19.5 Å². The van der Waals surface area contributed by atoms with Gasteiger partial charge in [-0.05, 0) is 13.0 Å². The predicted octanol–water partition coefficient (Wildman–Crippen LogP) is 0.877. The molecule has 17 heavy (non-hydrogen) atoms. The van der Waals surface area contributed by atoms with Crippen molar-refractivity contribution in [3.8, 4) is 11.4 Å². The Hall–Kier alpha value is -1.95. The smallest absolute Gasteiger partial charge is 0.220 e. The Morgan fingerprint density at radius 1 is 1.41 bits per heavy atom. The van der Waals surface area contributed by atoms with Gasteiger partial charge in [0, 0.05) is 19.9 Å². The van der Waals surface area contributed by atoms with Crippen LogP contribution >= 0.6 is 0 Å². The van der Waals surface area contributed by atoms with E-state index < -0.39 is 0 Å². The molecule has 0 fully saturated rings. The maximum atomic E-state index is 5.58. The van der Waals surface area contributed by atoms with Crippen LogP contribution in [0.1, 0.15) is 5.82 Å². The lowest BCUT2D eigenvalue weighted by atomic mass is 10.3. The van der Waals surface area contributed by atoms with Crippen molar-refractivity contribution in [2.75, 3.05) is 19.5 Å². The molecule has 0 atom stereocenters. The number of anilines is 1. The molecule has 0 spiro atoms. The third-order valence-corrected chi connectivity index (χ3v) is 2.51. The highest BCUT2D eigenvalue weighted by atomic mass is 16.5. The first-order chi connectivity index (χ1) is 8.22. The van der Waals surface area contributed by atoms with Crippen LogP contribution in [0.25, 0.3) is 11.4 Å². The zero-order valence-corrected chi connectivity index (χ0v) is 9.92. The van der Waals surface area contributed by atoms with Crippen molar-refractivity contribution in [3.63, 3.8) is 0 Å². The molecular formula is C11H15N5O. The SMILES string of the molecule is COCCn1c(-c2ccnc(N)n2)cnc1C. The van der Waals surface area contributed by atoms with Gasteiger partial charge in [0.15, 0.2) is 0 Å². The van der Waals surface area contributed by atoms with E-state index in [0.29, 0.717) is 6.61 Å². The topological polar surface area (TPSA) is 78.9 Å². The highest BCUT2D eigenvalue weighted by molar-refractivity contribution is 5.55. The third-order valence-electron chi connectivity index (χ3n) is 2.51. The van der Waals surface area contributed by atoms with Crippen molar-refractivity contribution in [2.24, 2.45) is 0 Å². The molecule has 2 rings (SSSR count). The first-order valence-electron chi connectivity index (χ1n) is 5.32. The number of nitrogen functional groups attached to an aromatic ring is 1. The lowest BCUT2D eigenvalue weighted by Gasteiger charge is -2.09. The van der Waals surface area contributed by atoms with Gasteiger partial charge in [-0.15, -0.1) is 0 Å². The van der Waals surface area contributed by atoms with Gasteiger partial charge in [0.1, 0.15) is 5.82 Å². The number of hydrogen-bond acceptors (Lipinski definition) is 5. The van der Waals surface area contributed by atoms with Gasteiger partial charge in [-0.25, -0.2) is 15.0 Å². The van der Waals surface area contributed by atoms with Crippen LogP contribution in [-0.4, -0.2) is 33.2 Å². The van der Waals surface area contributed by atoms with E-state index in [9.17, 15) is 0 Å². The Bertz CT molecular complexity index is 508. The van der Waals surface area contributed by atoms with E-state index in [1.54, 1.807) is 19.5 Å². The second-order valence-corrected chi connectivity index (χ2v) is 3.64. The largest absolute Gasteiger partial charge is 0.383 e. The predicted molar refractivity (Wildman–Crippen MR) is 64.3 cm³/mol. The van der Waals surface area contributed by atoms with Crippen LogP contribution < -0.4 is 5.73 Å². The van der Waals surface area contributed by atoms with Crippen molar-refractivity contribution < 1.29 is 4.74 Å².